The Morgan fingerprint density at radius 1 is 1.02 bits per heavy atom. The summed E-state index contributed by atoms with van der Waals surface area (Å²) in [4.78, 5) is 38.7. The predicted octanol–water partition coefficient (Wildman–Crippen LogP) is 2.76. The second-order valence-electron chi connectivity index (χ2n) is 9.24. The van der Waals surface area contributed by atoms with Crippen molar-refractivity contribution in [3.63, 3.8) is 0 Å². The number of aliphatic hydroxyl groups is 2. The molecular weight excluding hydrogens is 544 g/mol. The maximum atomic E-state index is 10.3. The van der Waals surface area contributed by atoms with Gasteiger partial charge in [-0.25, -0.2) is 9.78 Å². The maximum Gasteiger partial charge on any atom is 0.336 e. The SMILES string of the molecule is COc1ccc2cc(CN(Cc3sccc3C)CC(C)O)c(OC)nc2c1.O=C(O)CC(O)(CC(=O)O)C(=O)O. The molecule has 5 N–H and O–H groups in total. The maximum absolute atomic E-state index is 10.3. The number of carboxylic acids is 3. The van der Waals surface area contributed by atoms with Gasteiger partial charge in [-0.2, -0.15) is 0 Å². The highest BCUT2D eigenvalue weighted by Crippen LogP contribution is 2.27. The number of thiophene rings is 1. The topological polar surface area (TPSA) is 187 Å². The fourth-order valence-electron chi connectivity index (χ4n) is 3.87. The first-order valence-electron chi connectivity index (χ1n) is 12.1. The lowest BCUT2D eigenvalue weighted by Crippen LogP contribution is -2.42. The Morgan fingerprint density at radius 3 is 2.15 bits per heavy atom. The van der Waals surface area contributed by atoms with Gasteiger partial charge in [0.25, 0.3) is 0 Å². The van der Waals surface area contributed by atoms with E-state index in [0.717, 1.165) is 28.8 Å². The molecule has 0 saturated heterocycles. The molecule has 0 amide bonds. The van der Waals surface area contributed by atoms with Crippen molar-refractivity contribution in [3.8, 4) is 11.6 Å². The minimum atomic E-state index is -2.74. The van der Waals surface area contributed by atoms with Crippen molar-refractivity contribution in [2.45, 2.75) is 51.5 Å². The van der Waals surface area contributed by atoms with Crippen molar-refractivity contribution in [3.05, 3.63) is 51.7 Å². The highest BCUT2D eigenvalue weighted by atomic mass is 32.1. The lowest BCUT2D eigenvalue weighted by atomic mass is 9.96. The molecule has 0 radical (unpaired) electrons. The molecule has 1 unspecified atom stereocenters. The number of hydrogen-bond donors (Lipinski definition) is 5. The van der Waals surface area contributed by atoms with E-state index in [1.54, 1.807) is 25.6 Å². The lowest BCUT2D eigenvalue weighted by molar-refractivity contribution is -0.170. The minimum absolute atomic E-state index is 0.408. The molecule has 0 fully saturated rings. The Morgan fingerprint density at radius 2 is 1.68 bits per heavy atom. The van der Waals surface area contributed by atoms with E-state index in [1.807, 2.05) is 25.1 Å². The molecule has 1 atom stereocenters. The third-order valence-corrected chi connectivity index (χ3v) is 6.80. The molecule has 2 heterocycles. The molecule has 218 valence electrons. The van der Waals surface area contributed by atoms with E-state index in [9.17, 15) is 19.5 Å². The van der Waals surface area contributed by atoms with Crippen LogP contribution in [0.3, 0.4) is 0 Å². The lowest BCUT2D eigenvalue weighted by Gasteiger charge is -2.24. The Labute approximate surface area is 235 Å². The van der Waals surface area contributed by atoms with Crippen molar-refractivity contribution < 1.29 is 49.4 Å². The van der Waals surface area contributed by atoms with E-state index >= 15 is 0 Å². The smallest absolute Gasteiger partial charge is 0.336 e. The Hall–Kier alpha value is -3.78. The summed E-state index contributed by atoms with van der Waals surface area (Å²) in [6, 6.07) is 10.1. The van der Waals surface area contributed by atoms with Gasteiger partial charge in [-0.15, -0.1) is 11.3 Å². The summed E-state index contributed by atoms with van der Waals surface area (Å²) in [5, 5.41) is 46.9. The van der Waals surface area contributed by atoms with Crippen LogP contribution in [0.2, 0.25) is 0 Å². The van der Waals surface area contributed by atoms with Gasteiger partial charge in [0, 0.05) is 41.5 Å². The monoisotopic (exact) mass is 578 g/mol. The number of nitrogens with zero attached hydrogens (tertiary/aromatic N) is 2. The molecule has 12 nitrogen and oxygen atoms in total. The second kappa shape index (κ2) is 14.6. The normalized spacial score (nSPS) is 12.0. The summed E-state index contributed by atoms with van der Waals surface area (Å²) in [6.45, 7) is 5.97. The van der Waals surface area contributed by atoms with Crippen molar-refractivity contribution in [1.82, 2.24) is 9.88 Å². The van der Waals surface area contributed by atoms with Crippen LogP contribution in [-0.4, -0.2) is 85.8 Å². The minimum Gasteiger partial charge on any atom is -0.497 e. The largest absolute Gasteiger partial charge is 0.497 e. The average molecular weight is 579 g/mol. The highest BCUT2D eigenvalue weighted by molar-refractivity contribution is 7.10. The zero-order chi connectivity index (χ0) is 30.0. The number of carbonyl (C=O) groups is 3. The molecule has 3 rings (SSSR count). The molecule has 40 heavy (non-hydrogen) atoms. The number of aromatic nitrogens is 1. The van der Waals surface area contributed by atoms with Crippen LogP contribution >= 0.6 is 11.3 Å². The first-order valence-corrected chi connectivity index (χ1v) is 13.0. The standard InChI is InChI=1S/C21H26N2O3S.C6H8O7/c1-14-7-8-27-20(14)13-23(11-15(2)24)12-17-9-16-5-6-18(25-3)10-19(16)22-21(17)26-4;7-3(8)1-6(13,5(11)12)2-4(9)10/h5-10,15,24H,11-13H2,1-4H3;13H,1-2H2,(H,7,8)(H,9,10)(H,11,12). The fourth-order valence-corrected chi connectivity index (χ4v) is 4.82. The van der Waals surface area contributed by atoms with Gasteiger partial charge in [-0.05, 0) is 49.1 Å². The number of pyridine rings is 1. The van der Waals surface area contributed by atoms with E-state index in [2.05, 4.69) is 34.3 Å². The summed E-state index contributed by atoms with van der Waals surface area (Å²) in [7, 11) is 3.29. The third-order valence-electron chi connectivity index (χ3n) is 5.79. The number of benzene rings is 1. The number of rotatable bonds is 13. The Bertz CT molecular complexity index is 1310. The second-order valence-corrected chi connectivity index (χ2v) is 10.2. The van der Waals surface area contributed by atoms with Crippen LogP contribution in [0.4, 0.5) is 0 Å². The number of aryl methyl sites for hydroxylation is 1. The number of fused-ring (bicyclic) bond motifs is 1. The van der Waals surface area contributed by atoms with Crippen molar-refractivity contribution in [2.24, 2.45) is 0 Å². The fraction of sp³-hybridized carbons (Fsp3) is 0.407. The van der Waals surface area contributed by atoms with Crippen LogP contribution in [0.25, 0.3) is 10.9 Å². The molecule has 0 saturated carbocycles. The van der Waals surface area contributed by atoms with Crippen LogP contribution in [0, 0.1) is 6.92 Å². The highest BCUT2D eigenvalue weighted by Gasteiger charge is 2.40. The average Bonchev–Trinajstić information content (AvgIpc) is 3.26. The van der Waals surface area contributed by atoms with Gasteiger partial charge in [-0.1, -0.05) is 0 Å². The molecular formula is C27H34N2O10S. The van der Waals surface area contributed by atoms with E-state index in [1.165, 1.54) is 10.4 Å². The summed E-state index contributed by atoms with van der Waals surface area (Å²) >= 11 is 1.75. The summed E-state index contributed by atoms with van der Waals surface area (Å²) < 4.78 is 10.8. The van der Waals surface area contributed by atoms with E-state index in [4.69, 9.17) is 29.9 Å². The number of carboxylic acid groups (broad SMARTS) is 3. The molecule has 13 heteroatoms. The first kappa shape index (κ1) is 32.4. The summed E-state index contributed by atoms with van der Waals surface area (Å²) in [6.07, 6.45) is -2.70. The van der Waals surface area contributed by atoms with Gasteiger partial charge in [0.05, 0.1) is 38.7 Å². The molecule has 1 aromatic carbocycles. The van der Waals surface area contributed by atoms with Crippen LogP contribution in [-0.2, 0) is 27.5 Å². The van der Waals surface area contributed by atoms with Gasteiger partial charge >= 0.3 is 17.9 Å². The molecule has 2 aromatic heterocycles. The molecule has 0 aliphatic carbocycles. The molecule has 0 spiro atoms. The molecule has 0 aliphatic heterocycles. The molecule has 3 aromatic rings. The number of aliphatic carboxylic acids is 3. The van der Waals surface area contributed by atoms with E-state index < -0.39 is 42.5 Å². The van der Waals surface area contributed by atoms with Gasteiger partial charge in [0.1, 0.15) is 5.75 Å². The van der Waals surface area contributed by atoms with Gasteiger partial charge in [0.15, 0.2) is 5.60 Å². The van der Waals surface area contributed by atoms with Crippen molar-refractivity contribution in [1.29, 1.82) is 0 Å². The summed E-state index contributed by atoms with van der Waals surface area (Å²) in [5.74, 6) is -3.64. The number of aliphatic hydroxyl groups excluding tert-OH is 1. The van der Waals surface area contributed by atoms with Gasteiger partial charge in [0.2, 0.25) is 5.88 Å². The first-order chi connectivity index (χ1) is 18.8. The Kier molecular flexibility index (Phi) is 11.8. The number of ether oxygens (including phenoxy) is 2. The van der Waals surface area contributed by atoms with Crippen molar-refractivity contribution >= 4 is 40.1 Å². The van der Waals surface area contributed by atoms with Crippen LogP contribution < -0.4 is 9.47 Å². The Balaban J connectivity index is 0.000000366. The summed E-state index contributed by atoms with van der Waals surface area (Å²) in [5.41, 5.74) is 0.389. The number of hydrogen-bond acceptors (Lipinski definition) is 10. The van der Waals surface area contributed by atoms with E-state index in [-0.39, 0.29) is 0 Å². The van der Waals surface area contributed by atoms with Crippen molar-refractivity contribution in [2.75, 3.05) is 20.8 Å². The third kappa shape index (κ3) is 9.45. The zero-order valence-corrected chi connectivity index (χ0v) is 23.5. The van der Waals surface area contributed by atoms with Crippen LogP contribution in [0.15, 0.2) is 35.7 Å². The molecule has 0 aliphatic rings. The molecule has 0 bridgehead atoms. The predicted molar refractivity (Wildman–Crippen MR) is 147 cm³/mol. The van der Waals surface area contributed by atoms with Gasteiger partial charge < -0.3 is 35.0 Å². The van der Waals surface area contributed by atoms with Crippen LogP contribution in [0.5, 0.6) is 11.6 Å². The van der Waals surface area contributed by atoms with Crippen LogP contribution in [0.1, 0.15) is 35.8 Å². The van der Waals surface area contributed by atoms with E-state index in [0.29, 0.717) is 19.0 Å². The quantitative estimate of drug-likeness (QED) is 0.200. The zero-order valence-electron chi connectivity index (χ0n) is 22.7. The van der Waals surface area contributed by atoms with Gasteiger partial charge in [-0.3, -0.25) is 14.5 Å². The number of methoxy groups -OCH3 is 2.